The lowest BCUT2D eigenvalue weighted by Crippen LogP contribution is -2.28. The Morgan fingerprint density at radius 1 is 1.06 bits per heavy atom. The van der Waals surface area contributed by atoms with Crippen molar-refractivity contribution in [2.45, 2.75) is 51.6 Å². The average molecular weight is 476 g/mol. The Morgan fingerprint density at radius 3 is 2.62 bits per heavy atom. The predicted octanol–water partition coefficient (Wildman–Crippen LogP) is 5.28. The molecular weight excluding hydrogens is 446 g/mol. The molecule has 1 atom stereocenters. The first-order valence-electron chi connectivity index (χ1n) is 11.7. The van der Waals surface area contributed by atoms with Crippen molar-refractivity contribution < 1.29 is 4.79 Å². The van der Waals surface area contributed by atoms with Gasteiger partial charge >= 0.3 is 0 Å². The number of hydrogen-bond donors (Lipinski definition) is 3. The van der Waals surface area contributed by atoms with Crippen LogP contribution in [-0.4, -0.2) is 25.4 Å². The van der Waals surface area contributed by atoms with Crippen molar-refractivity contribution in [3.05, 3.63) is 81.7 Å². The molecule has 1 unspecified atom stereocenters. The van der Waals surface area contributed by atoms with Crippen molar-refractivity contribution in [1.29, 1.82) is 0 Å². The standard InChI is InChI=1S/C26H29N5O2S/c1-2-20(24-27-17-22(29-24)18-11-5-3-6-12-18)28-23(32)15-7-4-10-16-31-25(33)19-13-8-9-14-21(19)30-26(31)34/h3,5-6,8-9,11-14,17,20H,2,4,7,10,15-16H2,1H3,(H,27,29)(H,28,32)(H,30,34). The number of unbranched alkanes of at least 4 members (excludes halogenated alkanes) is 2. The first-order chi connectivity index (χ1) is 16.6. The Morgan fingerprint density at radius 2 is 1.82 bits per heavy atom. The van der Waals surface area contributed by atoms with E-state index in [-0.39, 0.29) is 17.5 Å². The summed E-state index contributed by atoms with van der Waals surface area (Å²) in [6, 6.07) is 17.2. The number of fused-ring (bicyclic) bond motifs is 1. The molecule has 4 aromatic rings. The summed E-state index contributed by atoms with van der Waals surface area (Å²) < 4.78 is 2.03. The van der Waals surface area contributed by atoms with Crippen LogP contribution in [0.15, 0.2) is 65.6 Å². The van der Waals surface area contributed by atoms with E-state index in [0.717, 1.165) is 48.3 Å². The number of imidazole rings is 1. The summed E-state index contributed by atoms with van der Waals surface area (Å²) in [7, 11) is 0. The second kappa shape index (κ2) is 11.1. The summed E-state index contributed by atoms with van der Waals surface area (Å²) in [5.41, 5.74) is 2.68. The third kappa shape index (κ3) is 5.51. The minimum atomic E-state index is -0.153. The molecule has 8 heteroatoms. The largest absolute Gasteiger partial charge is 0.346 e. The molecule has 7 nitrogen and oxygen atoms in total. The van der Waals surface area contributed by atoms with Gasteiger partial charge in [-0.2, -0.15) is 0 Å². The van der Waals surface area contributed by atoms with Crippen LogP contribution >= 0.6 is 12.2 Å². The van der Waals surface area contributed by atoms with Crippen LogP contribution in [0.3, 0.4) is 0 Å². The third-order valence-corrected chi connectivity index (χ3v) is 6.25. The van der Waals surface area contributed by atoms with Crippen LogP contribution in [-0.2, 0) is 11.3 Å². The summed E-state index contributed by atoms with van der Waals surface area (Å²) in [4.78, 5) is 36.2. The van der Waals surface area contributed by atoms with Gasteiger partial charge in [-0.1, -0.05) is 55.8 Å². The number of aromatic nitrogens is 4. The van der Waals surface area contributed by atoms with E-state index in [1.807, 2.05) is 55.5 Å². The first kappa shape index (κ1) is 23.6. The van der Waals surface area contributed by atoms with E-state index >= 15 is 0 Å². The molecule has 0 saturated carbocycles. The second-order valence-electron chi connectivity index (χ2n) is 8.32. The number of amides is 1. The van der Waals surface area contributed by atoms with Crippen LogP contribution < -0.4 is 10.9 Å². The minimum Gasteiger partial charge on any atom is -0.346 e. The molecular formula is C26H29N5O2S. The lowest BCUT2D eigenvalue weighted by atomic mass is 10.1. The number of para-hydroxylation sites is 1. The van der Waals surface area contributed by atoms with Gasteiger partial charge in [0.2, 0.25) is 5.91 Å². The van der Waals surface area contributed by atoms with Crippen LogP contribution in [0.4, 0.5) is 0 Å². The Bertz CT molecular complexity index is 1370. The van der Waals surface area contributed by atoms with Gasteiger partial charge in [0.05, 0.1) is 28.8 Å². The van der Waals surface area contributed by atoms with Crippen molar-refractivity contribution in [2.24, 2.45) is 0 Å². The van der Waals surface area contributed by atoms with Crippen LogP contribution in [0, 0.1) is 4.77 Å². The molecule has 176 valence electrons. The molecule has 0 aliphatic heterocycles. The van der Waals surface area contributed by atoms with Gasteiger partial charge in [-0.25, -0.2) is 4.98 Å². The van der Waals surface area contributed by atoms with E-state index in [1.165, 1.54) is 0 Å². The fourth-order valence-corrected chi connectivity index (χ4v) is 4.33. The minimum absolute atomic E-state index is 0.00433. The average Bonchev–Trinajstić information content (AvgIpc) is 3.35. The Hall–Kier alpha value is -3.52. The van der Waals surface area contributed by atoms with Gasteiger partial charge < -0.3 is 15.3 Å². The Labute approximate surface area is 203 Å². The molecule has 2 aromatic carbocycles. The molecule has 0 aliphatic carbocycles. The third-order valence-electron chi connectivity index (χ3n) is 5.93. The number of benzene rings is 2. The first-order valence-corrected chi connectivity index (χ1v) is 12.1. The quantitative estimate of drug-likeness (QED) is 0.215. The summed E-state index contributed by atoms with van der Waals surface area (Å²) in [6.07, 6.45) is 5.34. The van der Waals surface area contributed by atoms with Crippen LogP contribution in [0.2, 0.25) is 0 Å². The maximum atomic E-state index is 12.7. The van der Waals surface area contributed by atoms with Crippen LogP contribution in [0.5, 0.6) is 0 Å². The zero-order valence-corrected chi connectivity index (χ0v) is 20.0. The van der Waals surface area contributed by atoms with Crippen molar-refractivity contribution in [3.8, 4) is 11.3 Å². The Kier molecular flexibility index (Phi) is 7.69. The van der Waals surface area contributed by atoms with Crippen molar-refractivity contribution >= 4 is 29.0 Å². The molecule has 1 amide bonds. The van der Waals surface area contributed by atoms with E-state index in [1.54, 1.807) is 16.8 Å². The van der Waals surface area contributed by atoms with E-state index in [4.69, 9.17) is 12.2 Å². The number of nitrogens with zero attached hydrogens (tertiary/aromatic N) is 2. The summed E-state index contributed by atoms with van der Waals surface area (Å²) >= 11 is 5.36. The van der Waals surface area contributed by atoms with Crippen LogP contribution in [0.25, 0.3) is 22.2 Å². The normalized spacial score (nSPS) is 12.0. The number of nitrogens with one attached hydrogen (secondary N) is 3. The number of rotatable bonds is 10. The van der Waals surface area contributed by atoms with E-state index in [0.29, 0.717) is 23.1 Å². The molecule has 0 spiro atoms. The number of H-pyrrole nitrogens is 2. The summed E-state index contributed by atoms with van der Waals surface area (Å²) in [5, 5.41) is 3.72. The fourth-order valence-electron chi connectivity index (χ4n) is 4.04. The topological polar surface area (TPSA) is 95.6 Å². The van der Waals surface area contributed by atoms with Crippen LogP contribution in [0.1, 0.15) is 50.9 Å². The van der Waals surface area contributed by atoms with Crippen molar-refractivity contribution in [3.63, 3.8) is 0 Å². The van der Waals surface area contributed by atoms with E-state index in [9.17, 15) is 9.59 Å². The number of carbonyl (C=O) groups excluding carboxylic acids is 1. The number of carbonyl (C=O) groups is 1. The predicted molar refractivity (Wildman–Crippen MR) is 137 cm³/mol. The molecule has 0 aliphatic rings. The molecule has 0 saturated heterocycles. The van der Waals surface area contributed by atoms with Crippen molar-refractivity contribution in [1.82, 2.24) is 24.8 Å². The zero-order chi connectivity index (χ0) is 23.9. The lowest BCUT2D eigenvalue weighted by molar-refractivity contribution is -0.122. The second-order valence-corrected chi connectivity index (χ2v) is 8.71. The smallest absolute Gasteiger partial charge is 0.262 e. The molecule has 0 fully saturated rings. The molecule has 0 radical (unpaired) electrons. The highest BCUT2D eigenvalue weighted by Gasteiger charge is 2.16. The maximum Gasteiger partial charge on any atom is 0.262 e. The van der Waals surface area contributed by atoms with Gasteiger partial charge in [-0.05, 0) is 49.2 Å². The highest BCUT2D eigenvalue weighted by atomic mass is 32.1. The molecule has 0 bridgehead atoms. The van der Waals surface area contributed by atoms with Gasteiger partial charge in [0.15, 0.2) is 4.77 Å². The van der Waals surface area contributed by atoms with E-state index < -0.39 is 0 Å². The maximum absolute atomic E-state index is 12.7. The number of aromatic amines is 2. The number of hydrogen-bond acceptors (Lipinski definition) is 4. The monoisotopic (exact) mass is 475 g/mol. The molecule has 2 aromatic heterocycles. The fraction of sp³-hybridized carbons (Fsp3) is 0.308. The van der Waals surface area contributed by atoms with Gasteiger partial charge in [0.25, 0.3) is 5.56 Å². The van der Waals surface area contributed by atoms with Gasteiger partial charge in [0.1, 0.15) is 5.82 Å². The van der Waals surface area contributed by atoms with E-state index in [2.05, 4.69) is 20.3 Å². The lowest BCUT2D eigenvalue weighted by Gasteiger charge is -2.15. The summed E-state index contributed by atoms with van der Waals surface area (Å²) in [5.74, 6) is 0.768. The molecule has 3 N–H and O–H groups in total. The molecule has 4 rings (SSSR count). The highest BCUT2D eigenvalue weighted by Crippen LogP contribution is 2.20. The highest BCUT2D eigenvalue weighted by molar-refractivity contribution is 7.71. The SMILES string of the molecule is CCC(NC(=O)CCCCCn1c(=S)[nH]c2ccccc2c1=O)c1ncc(-c2ccccc2)[nH]1. The van der Waals surface area contributed by atoms with Gasteiger partial charge in [-0.3, -0.25) is 14.2 Å². The van der Waals surface area contributed by atoms with Gasteiger partial charge in [0, 0.05) is 13.0 Å². The van der Waals surface area contributed by atoms with Gasteiger partial charge in [-0.15, -0.1) is 0 Å². The zero-order valence-electron chi connectivity index (χ0n) is 19.2. The van der Waals surface area contributed by atoms with Crippen molar-refractivity contribution in [2.75, 3.05) is 0 Å². The molecule has 2 heterocycles. The summed E-state index contributed by atoms with van der Waals surface area (Å²) in [6.45, 7) is 2.56. The molecule has 34 heavy (non-hydrogen) atoms. The Balaban J connectivity index is 1.26.